The number of aromatic nitrogens is 3. The topological polar surface area (TPSA) is 132 Å². The maximum Gasteiger partial charge on any atom is 0.270 e. The first-order valence-electron chi connectivity index (χ1n) is 6.75. The van der Waals surface area contributed by atoms with Crippen molar-refractivity contribution in [1.82, 2.24) is 15.2 Å². The minimum atomic E-state index is -0.571. The van der Waals surface area contributed by atoms with Gasteiger partial charge in [-0.05, 0) is 11.5 Å². The third kappa shape index (κ3) is 4.95. The molecule has 0 amide bonds. The zero-order valence-corrected chi connectivity index (χ0v) is 13.3. The maximum atomic E-state index is 11.6. The van der Waals surface area contributed by atoms with E-state index in [1.807, 2.05) is 0 Å². The highest BCUT2D eigenvalue weighted by Gasteiger charge is 2.06. The third-order valence-corrected chi connectivity index (χ3v) is 3.86. The Morgan fingerprint density at radius 1 is 1.52 bits per heavy atom. The summed E-state index contributed by atoms with van der Waals surface area (Å²) in [5, 5.41) is 33.4. The molecule has 0 fully saturated rings. The van der Waals surface area contributed by atoms with E-state index < -0.39 is 4.92 Å². The van der Waals surface area contributed by atoms with Crippen molar-refractivity contribution in [3.63, 3.8) is 0 Å². The van der Waals surface area contributed by atoms with Gasteiger partial charge in [-0.15, -0.1) is 5.10 Å². The van der Waals surface area contributed by atoms with Gasteiger partial charge in [0.15, 0.2) is 0 Å². The molecule has 23 heavy (non-hydrogen) atoms. The van der Waals surface area contributed by atoms with E-state index in [4.69, 9.17) is 0 Å². The second kappa shape index (κ2) is 7.58. The van der Waals surface area contributed by atoms with Gasteiger partial charge in [-0.3, -0.25) is 10.1 Å². The van der Waals surface area contributed by atoms with Gasteiger partial charge in [0.05, 0.1) is 11.1 Å². The molecule has 0 unspecified atom stereocenters. The summed E-state index contributed by atoms with van der Waals surface area (Å²) in [5.74, 6) is 1.39. The van der Waals surface area contributed by atoms with Crippen molar-refractivity contribution in [3.8, 4) is 5.75 Å². The van der Waals surface area contributed by atoms with Crippen molar-refractivity contribution < 1.29 is 10.0 Å². The van der Waals surface area contributed by atoms with Crippen molar-refractivity contribution in [2.45, 2.75) is 19.0 Å². The molecule has 1 heterocycles. The van der Waals surface area contributed by atoms with Crippen LogP contribution in [0.3, 0.4) is 0 Å². The second-order valence-corrected chi connectivity index (χ2v) is 6.01. The molecule has 122 valence electrons. The SMILES string of the molecule is CC(C)CSc1n[nH]c(N/N=C\c2cc([N+](=O)[O-])ccc2[O-])n1. The molecule has 0 aliphatic rings. The van der Waals surface area contributed by atoms with E-state index in [1.165, 1.54) is 18.0 Å². The zero-order chi connectivity index (χ0) is 16.8. The standard InChI is InChI=1S/C13H16N6O3S/c1-8(2)7-23-13-15-12(17-18-13)16-14-6-9-5-10(19(21)22)3-4-11(9)20/h3-6,8,20H,7H2,1-2H3,(H2,15,16,17,18)/p-1/b14-6-. The number of nitrogens with one attached hydrogen (secondary N) is 2. The first-order chi connectivity index (χ1) is 11.0. The van der Waals surface area contributed by atoms with E-state index in [0.717, 1.165) is 24.0 Å². The third-order valence-electron chi connectivity index (χ3n) is 2.59. The molecule has 0 saturated heterocycles. The van der Waals surface area contributed by atoms with Crippen molar-refractivity contribution in [2.24, 2.45) is 11.0 Å². The average molecular weight is 335 g/mol. The van der Waals surface area contributed by atoms with Crippen LogP contribution in [-0.4, -0.2) is 32.1 Å². The van der Waals surface area contributed by atoms with Crippen molar-refractivity contribution in [3.05, 3.63) is 33.9 Å². The molecular formula is C13H15N6O3S-. The summed E-state index contributed by atoms with van der Waals surface area (Å²) in [6, 6.07) is 3.45. The minimum absolute atomic E-state index is 0.112. The zero-order valence-electron chi connectivity index (χ0n) is 12.5. The summed E-state index contributed by atoms with van der Waals surface area (Å²) >= 11 is 1.52. The number of hydrogen-bond donors (Lipinski definition) is 2. The molecule has 0 spiro atoms. The molecule has 0 bridgehead atoms. The first kappa shape index (κ1) is 16.7. The molecule has 2 aromatic rings. The van der Waals surface area contributed by atoms with Gasteiger partial charge in [-0.1, -0.05) is 37.4 Å². The molecule has 0 saturated carbocycles. The maximum absolute atomic E-state index is 11.6. The van der Waals surface area contributed by atoms with Gasteiger partial charge < -0.3 is 5.11 Å². The Kier molecular flexibility index (Phi) is 5.52. The molecule has 0 aliphatic carbocycles. The summed E-state index contributed by atoms with van der Waals surface area (Å²) < 4.78 is 0. The number of anilines is 1. The lowest BCUT2D eigenvalue weighted by molar-refractivity contribution is -0.385. The Balaban J connectivity index is 1.99. The van der Waals surface area contributed by atoms with Crippen LogP contribution in [0.5, 0.6) is 5.75 Å². The Hall–Kier alpha value is -2.62. The highest BCUT2D eigenvalue weighted by Crippen LogP contribution is 2.19. The fraction of sp³-hybridized carbons (Fsp3) is 0.308. The lowest BCUT2D eigenvalue weighted by Crippen LogP contribution is -1.99. The van der Waals surface area contributed by atoms with E-state index in [9.17, 15) is 15.2 Å². The van der Waals surface area contributed by atoms with Crippen LogP contribution in [0.15, 0.2) is 28.5 Å². The highest BCUT2D eigenvalue weighted by atomic mass is 32.2. The summed E-state index contributed by atoms with van der Waals surface area (Å²) in [7, 11) is 0. The van der Waals surface area contributed by atoms with Crippen molar-refractivity contribution >= 4 is 29.6 Å². The Bertz CT molecular complexity index is 715. The number of aromatic amines is 1. The van der Waals surface area contributed by atoms with Crippen LogP contribution in [0.25, 0.3) is 0 Å². The second-order valence-electron chi connectivity index (χ2n) is 5.02. The number of hydrazone groups is 1. The Labute approximate surface area is 136 Å². The molecule has 0 atom stereocenters. The largest absolute Gasteiger partial charge is 0.872 e. The number of non-ortho nitro benzene ring substituents is 1. The summed E-state index contributed by atoms with van der Waals surface area (Å²) in [6.45, 7) is 4.20. The van der Waals surface area contributed by atoms with Crippen LogP contribution in [0, 0.1) is 16.0 Å². The quantitative estimate of drug-likeness (QED) is 0.342. The number of H-pyrrole nitrogens is 1. The van der Waals surface area contributed by atoms with Crippen LogP contribution in [0.2, 0.25) is 0 Å². The summed E-state index contributed by atoms with van der Waals surface area (Å²) in [4.78, 5) is 14.3. The van der Waals surface area contributed by atoms with Gasteiger partial charge in [0.2, 0.25) is 11.1 Å². The molecule has 10 heteroatoms. The van der Waals surface area contributed by atoms with Gasteiger partial charge in [0.25, 0.3) is 5.69 Å². The first-order valence-corrected chi connectivity index (χ1v) is 7.74. The van der Waals surface area contributed by atoms with Crippen LogP contribution < -0.4 is 10.5 Å². The number of benzene rings is 1. The van der Waals surface area contributed by atoms with E-state index in [-0.39, 0.29) is 17.0 Å². The van der Waals surface area contributed by atoms with Crippen LogP contribution in [0.1, 0.15) is 19.4 Å². The van der Waals surface area contributed by atoms with Crippen molar-refractivity contribution in [1.29, 1.82) is 0 Å². The number of rotatable bonds is 7. The Morgan fingerprint density at radius 3 is 3.00 bits per heavy atom. The number of thioether (sulfide) groups is 1. The molecule has 0 radical (unpaired) electrons. The van der Waals surface area contributed by atoms with Gasteiger partial charge in [-0.25, -0.2) is 10.5 Å². The average Bonchev–Trinajstić information content (AvgIpc) is 2.94. The molecule has 2 N–H and O–H groups in total. The smallest absolute Gasteiger partial charge is 0.270 e. The lowest BCUT2D eigenvalue weighted by atomic mass is 10.2. The molecule has 0 aliphatic heterocycles. The van der Waals surface area contributed by atoms with Gasteiger partial charge in [0, 0.05) is 17.9 Å². The summed E-state index contributed by atoms with van der Waals surface area (Å²) in [6.07, 6.45) is 1.21. The van der Waals surface area contributed by atoms with E-state index in [2.05, 4.69) is 39.6 Å². The molecule has 2 rings (SSSR count). The fourth-order valence-electron chi connectivity index (χ4n) is 1.52. The minimum Gasteiger partial charge on any atom is -0.872 e. The molecular weight excluding hydrogens is 320 g/mol. The molecule has 1 aromatic carbocycles. The van der Waals surface area contributed by atoms with Gasteiger partial charge in [0.1, 0.15) is 0 Å². The van der Waals surface area contributed by atoms with Crippen LogP contribution >= 0.6 is 11.8 Å². The highest BCUT2D eigenvalue weighted by molar-refractivity contribution is 7.99. The number of nitro groups is 1. The monoisotopic (exact) mass is 335 g/mol. The Morgan fingerprint density at radius 2 is 2.30 bits per heavy atom. The predicted molar refractivity (Wildman–Crippen MR) is 85.7 cm³/mol. The van der Waals surface area contributed by atoms with Crippen LogP contribution in [-0.2, 0) is 0 Å². The lowest BCUT2D eigenvalue weighted by Gasteiger charge is -2.08. The number of nitro benzene ring substituents is 1. The number of hydrogen-bond acceptors (Lipinski definition) is 8. The van der Waals surface area contributed by atoms with E-state index >= 15 is 0 Å². The van der Waals surface area contributed by atoms with Gasteiger partial charge in [-0.2, -0.15) is 10.1 Å². The fourth-order valence-corrected chi connectivity index (χ4v) is 2.26. The van der Waals surface area contributed by atoms with Crippen LogP contribution in [0.4, 0.5) is 11.6 Å². The summed E-state index contributed by atoms with van der Waals surface area (Å²) in [5.41, 5.74) is 2.54. The van der Waals surface area contributed by atoms with E-state index in [0.29, 0.717) is 17.0 Å². The molecule has 1 aromatic heterocycles. The van der Waals surface area contributed by atoms with E-state index in [1.54, 1.807) is 0 Å². The van der Waals surface area contributed by atoms with Crippen molar-refractivity contribution in [2.75, 3.05) is 11.2 Å². The predicted octanol–water partition coefficient (Wildman–Crippen LogP) is 1.98. The number of nitrogens with zero attached hydrogens (tertiary/aromatic N) is 4. The van der Waals surface area contributed by atoms with Gasteiger partial charge >= 0.3 is 0 Å². The molecule has 9 nitrogen and oxygen atoms in total. The normalized spacial score (nSPS) is 11.3.